The minimum absolute atomic E-state index is 0.411. The van der Waals surface area contributed by atoms with E-state index in [9.17, 15) is 9.90 Å². The SMILES string of the molecule is CC1=CC(C(=O)O)(c2c[nH]nn2)C(C)(C)N1. The molecule has 1 unspecified atom stereocenters. The molecule has 0 amide bonds. The number of aromatic nitrogens is 3. The van der Waals surface area contributed by atoms with Crippen LogP contribution in [0, 0.1) is 0 Å². The first-order chi connectivity index (χ1) is 7.40. The lowest BCUT2D eigenvalue weighted by molar-refractivity contribution is -0.144. The third-order valence-electron chi connectivity index (χ3n) is 3.09. The van der Waals surface area contributed by atoms with Crippen LogP contribution in [0.15, 0.2) is 18.0 Å². The zero-order chi connectivity index (χ0) is 12.0. The van der Waals surface area contributed by atoms with Crippen molar-refractivity contribution in [3.63, 3.8) is 0 Å². The van der Waals surface area contributed by atoms with Crippen molar-refractivity contribution in [2.24, 2.45) is 0 Å². The molecule has 6 nitrogen and oxygen atoms in total. The molecule has 1 aromatic rings. The summed E-state index contributed by atoms with van der Waals surface area (Å²) in [6, 6.07) is 0. The van der Waals surface area contributed by atoms with Crippen LogP contribution in [0.4, 0.5) is 0 Å². The molecule has 0 aromatic carbocycles. The average Bonchev–Trinajstić information content (AvgIpc) is 2.70. The number of hydrogen-bond donors (Lipinski definition) is 3. The minimum atomic E-state index is -1.18. The van der Waals surface area contributed by atoms with Crippen molar-refractivity contribution in [1.82, 2.24) is 20.7 Å². The van der Waals surface area contributed by atoms with Gasteiger partial charge in [-0.15, -0.1) is 5.10 Å². The summed E-state index contributed by atoms with van der Waals surface area (Å²) in [6.45, 7) is 5.51. The van der Waals surface area contributed by atoms with Crippen LogP contribution in [0.25, 0.3) is 0 Å². The van der Waals surface area contributed by atoms with Gasteiger partial charge in [-0.05, 0) is 26.8 Å². The summed E-state index contributed by atoms with van der Waals surface area (Å²) in [6.07, 6.45) is 3.21. The first-order valence-corrected chi connectivity index (χ1v) is 4.98. The lowest BCUT2D eigenvalue weighted by atomic mass is 9.71. The fraction of sp³-hybridized carbons (Fsp3) is 0.500. The van der Waals surface area contributed by atoms with Gasteiger partial charge in [0.15, 0.2) is 5.41 Å². The van der Waals surface area contributed by atoms with Crippen molar-refractivity contribution in [2.75, 3.05) is 0 Å². The first-order valence-electron chi connectivity index (χ1n) is 4.98. The Morgan fingerprint density at radius 2 is 2.19 bits per heavy atom. The van der Waals surface area contributed by atoms with Gasteiger partial charge in [0, 0.05) is 11.9 Å². The van der Waals surface area contributed by atoms with Gasteiger partial charge in [0.25, 0.3) is 0 Å². The molecular formula is C10H14N4O2. The van der Waals surface area contributed by atoms with Crippen LogP contribution in [0.3, 0.4) is 0 Å². The molecule has 3 N–H and O–H groups in total. The van der Waals surface area contributed by atoms with Crippen molar-refractivity contribution < 1.29 is 9.90 Å². The van der Waals surface area contributed by atoms with Gasteiger partial charge in [0.2, 0.25) is 0 Å². The Balaban J connectivity index is 2.65. The molecule has 86 valence electrons. The zero-order valence-corrected chi connectivity index (χ0v) is 9.40. The normalized spacial score (nSPS) is 27.3. The second kappa shape index (κ2) is 3.07. The van der Waals surface area contributed by atoms with Gasteiger partial charge in [0.1, 0.15) is 5.69 Å². The smallest absolute Gasteiger partial charge is 0.322 e. The number of nitrogens with zero attached hydrogens (tertiary/aromatic N) is 2. The number of allylic oxidation sites excluding steroid dienone is 1. The molecule has 6 heteroatoms. The van der Waals surface area contributed by atoms with Crippen LogP contribution in [-0.4, -0.2) is 32.0 Å². The molecule has 0 radical (unpaired) electrons. The van der Waals surface area contributed by atoms with E-state index >= 15 is 0 Å². The third kappa shape index (κ3) is 1.16. The number of carbonyl (C=O) groups is 1. The Kier molecular flexibility index (Phi) is 2.04. The van der Waals surface area contributed by atoms with Crippen LogP contribution >= 0.6 is 0 Å². The average molecular weight is 222 g/mol. The number of carboxylic acid groups (broad SMARTS) is 1. The molecule has 0 fully saturated rings. The predicted octanol–water partition coefficient (Wildman–Crippen LogP) is 0.413. The number of H-pyrrole nitrogens is 1. The summed E-state index contributed by atoms with van der Waals surface area (Å²) in [7, 11) is 0. The topological polar surface area (TPSA) is 90.9 Å². The van der Waals surface area contributed by atoms with Gasteiger partial charge in [-0.25, -0.2) is 0 Å². The summed E-state index contributed by atoms with van der Waals surface area (Å²) in [5.41, 5.74) is -0.575. The largest absolute Gasteiger partial charge is 0.480 e. The maximum absolute atomic E-state index is 11.6. The van der Waals surface area contributed by atoms with E-state index in [1.807, 2.05) is 20.8 Å². The van der Waals surface area contributed by atoms with Crippen molar-refractivity contribution in [2.45, 2.75) is 31.7 Å². The maximum Gasteiger partial charge on any atom is 0.322 e. The van der Waals surface area contributed by atoms with Crippen LogP contribution < -0.4 is 5.32 Å². The number of aromatic amines is 1. The highest BCUT2D eigenvalue weighted by Crippen LogP contribution is 2.41. The number of carboxylic acids is 1. The van der Waals surface area contributed by atoms with Crippen LogP contribution in [0.5, 0.6) is 0 Å². The van der Waals surface area contributed by atoms with Gasteiger partial charge >= 0.3 is 5.97 Å². The van der Waals surface area contributed by atoms with E-state index in [1.54, 1.807) is 6.08 Å². The highest BCUT2D eigenvalue weighted by atomic mass is 16.4. The van der Waals surface area contributed by atoms with Crippen molar-refractivity contribution in [3.05, 3.63) is 23.7 Å². The van der Waals surface area contributed by atoms with Gasteiger partial charge < -0.3 is 10.4 Å². The fourth-order valence-electron chi connectivity index (χ4n) is 2.36. The highest BCUT2D eigenvalue weighted by Gasteiger charge is 2.56. The number of nitrogens with one attached hydrogen (secondary N) is 2. The molecule has 0 saturated carbocycles. The summed E-state index contributed by atoms with van der Waals surface area (Å²) in [5, 5.41) is 22.7. The van der Waals surface area contributed by atoms with Crippen molar-refractivity contribution >= 4 is 5.97 Å². The molecule has 0 bridgehead atoms. The predicted molar refractivity (Wildman–Crippen MR) is 56.7 cm³/mol. The van der Waals surface area contributed by atoms with Gasteiger partial charge in [0.05, 0.1) is 5.54 Å². The van der Waals surface area contributed by atoms with E-state index in [0.717, 1.165) is 5.70 Å². The summed E-state index contributed by atoms with van der Waals surface area (Å²) in [5.74, 6) is -0.934. The van der Waals surface area contributed by atoms with E-state index in [0.29, 0.717) is 5.69 Å². The van der Waals surface area contributed by atoms with Crippen molar-refractivity contribution in [3.8, 4) is 0 Å². The molecular weight excluding hydrogens is 208 g/mol. The number of aliphatic carboxylic acids is 1. The highest BCUT2D eigenvalue weighted by molar-refractivity contribution is 5.86. The van der Waals surface area contributed by atoms with Crippen LogP contribution in [-0.2, 0) is 10.2 Å². The van der Waals surface area contributed by atoms with Crippen molar-refractivity contribution in [1.29, 1.82) is 0 Å². The molecule has 1 aliphatic rings. The molecule has 16 heavy (non-hydrogen) atoms. The fourth-order valence-corrected chi connectivity index (χ4v) is 2.36. The molecule has 0 aliphatic carbocycles. The molecule has 1 aliphatic heterocycles. The van der Waals surface area contributed by atoms with E-state index in [-0.39, 0.29) is 0 Å². The minimum Gasteiger partial charge on any atom is -0.480 e. The molecule has 1 atom stereocenters. The third-order valence-corrected chi connectivity index (χ3v) is 3.09. The Morgan fingerprint density at radius 1 is 1.50 bits per heavy atom. The Labute approximate surface area is 92.7 Å². The second-order valence-electron chi connectivity index (χ2n) is 4.55. The number of rotatable bonds is 2. The molecule has 2 rings (SSSR count). The van der Waals surface area contributed by atoms with Gasteiger partial charge in [-0.3, -0.25) is 9.89 Å². The summed E-state index contributed by atoms with van der Waals surface area (Å²) in [4.78, 5) is 11.6. The quantitative estimate of drug-likeness (QED) is 0.674. The Hall–Kier alpha value is -1.85. The van der Waals surface area contributed by atoms with Gasteiger partial charge in [-0.2, -0.15) is 0 Å². The van der Waals surface area contributed by atoms with E-state index in [1.165, 1.54) is 6.20 Å². The van der Waals surface area contributed by atoms with E-state index in [4.69, 9.17) is 0 Å². The number of hydrogen-bond acceptors (Lipinski definition) is 4. The van der Waals surface area contributed by atoms with E-state index < -0.39 is 16.9 Å². The molecule has 0 saturated heterocycles. The first kappa shape index (κ1) is 10.7. The lowest BCUT2D eigenvalue weighted by Gasteiger charge is -2.35. The lowest BCUT2D eigenvalue weighted by Crippen LogP contribution is -2.55. The Morgan fingerprint density at radius 3 is 2.56 bits per heavy atom. The monoisotopic (exact) mass is 222 g/mol. The Bertz CT molecular complexity index is 449. The summed E-state index contributed by atoms with van der Waals surface area (Å²) < 4.78 is 0. The maximum atomic E-state index is 11.6. The zero-order valence-electron chi connectivity index (χ0n) is 9.40. The molecule has 0 spiro atoms. The molecule has 2 heterocycles. The second-order valence-corrected chi connectivity index (χ2v) is 4.55. The standard InChI is InChI=1S/C10H14N4O2/c1-6-4-10(8(15)16,9(2,3)12-6)7-5-11-14-13-7/h4-5,12H,1-3H3,(H,15,16)(H,11,13,14). The van der Waals surface area contributed by atoms with E-state index in [2.05, 4.69) is 20.7 Å². The van der Waals surface area contributed by atoms with Crippen LogP contribution in [0.1, 0.15) is 26.5 Å². The van der Waals surface area contributed by atoms with Crippen LogP contribution in [0.2, 0.25) is 0 Å². The molecule has 1 aromatic heterocycles. The summed E-state index contributed by atoms with van der Waals surface area (Å²) >= 11 is 0. The van der Waals surface area contributed by atoms with Gasteiger partial charge in [-0.1, -0.05) is 5.21 Å².